The fourth-order valence-electron chi connectivity index (χ4n) is 2.09. The molecule has 0 amide bonds. The van der Waals surface area contributed by atoms with Gasteiger partial charge in [0, 0.05) is 26.2 Å². The zero-order chi connectivity index (χ0) is 13.1. The van der Waals surface area contributed by atoms with Crippen LogP contribution in [0, 0.1) is 5.92 Å². The van der Waals surface area contributed by atoms with Crippen molar-refractivity contribution in [2.24, 2.45) is 5.92 Å². The Hall–Kier alpha value is -0.120. The maximum atomic E-state index is 5.18. The van der Waals surface area contributed by atoms with Gasteiger partial charge >= 0.3 is 0 Å². The first-order chi connectivity index (χ1) is 8.15. The number of methoxy groups -OCH3 is 1. The second-order valence-corrected chi connectivity index (χ2v) is 5.12. The minimum absolute atomic E-state index is 0.652. The molecule has 0 aliphatic rings. The van der Waals surface area contributed by atoms with Gasteiger partial charge in [-0.2, -0.15) is 0 Å². The molecule has 0 fully saturated rings. The van der Waals surface area contributed by atoms with Crippen LogP contribution in [0.3, 0.4) is 0 Å². The highest BCUT2D eigenvalue weighted by molar-refractivity contribution is 4.73. The normalized spacial score (nSPS) is 13.6. The van der Waals surface area contributed by atoms with E-state index in [2.05, 4.69) is 37.9 Å². The molecule has 0 aromatic heterocycles. The molecule has 0 spiro atoms. The Morgan fingerprint density at radius 3 is 2.35 bits per heavy atom. The van der Waals surface area contributed by atoms with Gasteiger partial charge in [0.05, 0.1) is 6.61 Å². The van der Waals surface area contributed by atoms with E-state index >= 15 is 0 Å². The molecule has 0 aromatic carbocycles. The highest BCUT2D eigenvalue weighted by Crippen LogP contribution is 2.06. The van der Waals surface area contributed by atoms with Crippen LogP contribution in [0.25, 0.3) is 0 Å². The van der Waals surface area contributed by atoms with Crippen LogP contribution in [0.5, 0.6) is 0 Å². The van der Waals surface area contributed by atoms with Crippen molar-refractivity contribution in [3.63, 3.8) is 0 Å². The van der Waals surface area contributed by atoms with Gasteiger partial charge in [0.2, 0.25) is 0 Å². The van der Waals surface area contributed by atoms with E-state index < -0.39 is 0 Å². The zero-order valence-corrected chi connectivity index (χ0v) is 12.5. The fraction of sp³-hybridized carbons (Fsp3) is 1.00. The summed E-state index contributed by atoms with van der Waals surface area (Å²) < 4.78 is 5.18. The van der Waals surface area contributed by atoms with Gasteiger partial charge in [-0.05, 0) is 25.4 Å². The minimum Gasteiger partial charge on any atom is -0.383 e. The lowest BCUT2D eigenvalue weighted by molar-refractivity contribution is 0.118. The highest BCUT2D eigenvalue weighted by Gasteiger charge is 2.15. The van der Waals surface area contributed by atoms with Gasteiger partial charge in [0.25, 0.3) is 0 Å². The molecule has 1 unspecified atom stereocenters. The quantitative estimate of drug-likeness (QED) is 0.604. The maximum absolute atomic E-state index is 5.18. The van der Waals surface area contributed by atoms with Crippen molar-refractivity contribution >= 4 is 0 Å². The van der Waals surface area contributed by atoms with E-state index in [9.17, 15) is 0 Å². The Morgan fingerprint density at radius 1 is 1.18 bits per heavy atom. The molecule has 1 N–H and O–H groups in total. The van der Waals surface area contributed by atoms with E-state index in [1.54, 1.807) is 7.11 Å². The molecular formula is C14H32N2O. The third-order valence-electron chi connectivity index (χ3n) is 3.06. The standard InChI is InChI=1S/C14H32N2O/c1-6-8-14(12-15-11-13(3)4)16(7-2)9-10-17-5/h13-15H,6-12H2,1-5H3. The first kappa shape index (κ1) is 16.9. The summed E-state index contributed by atoms with van der Waals surface area (Å²) >= 11 is 0. The number of rotatable bonds is 11. The third kappa shape index (κ3) is 8.58. The molecule has 1 atom stereocenters. The van der Waals surface area contributed by atoms with Gasteiger partial charge in [-0.25, -0.2) is 0 Å². The molecular weight excluding hydrogens is 212 g/mol. The van der Waals surface area contributed by atoms with Gasteiger partial charge in [-0.15, -0.1) is 0 Å². The SMILES string of the molecule is CCCC(CNCC(C)C)N(CC)CCOC. The van der Waals surface area contributed by atoms with Crippen LogP contribution in [0.15, 0.2) is 0 Å². The lowest BCUT2D eigenvalue weighted by Gasteiger charge is -2.31. The molecule has 0 rings (SSSR count). The van der Waals surface area contributed by atoms with Gasteiger partial charge in [-0.3, -0.25) is 4.90 Å². The smallest absolute Gasteiger partial charge is 0.0589 e. The molecule has 0 aliphatic carbocycles. The largest absolute Gasteiger partial charge is 0.383 e. The van der Waals surface area contributed by atoms with Gasteiger partial charge in [0.15, 0.2) is 0 Å². The number of ether oxygens (including phenoxy) is 1. The summed E-state index contributed by atoms with van der Waals surface area (Å²) in [6.45, 7) is 14.2. The van der Waals surface area contributed by atoms with E-state index in [0.29, 0.717) is 6.04 Å². The van der Waals surface area contributed by atoms with Crippen molar-refractivity contribution < 1.29 is 4.74 Å². The van der Waals surface area contributed by atoms with Crippen LogP contribution >= 0.6 is 0 Å². The highest BCUT2D eigenvalue weighted by atomic mass is 16.5. The summed E-state index contributed by atoms with van der Waals surface area (Å²) in [5.74, 6) is 0.728. The average Bonchev–Trinajstić information content (AvgIpc) is 2.29. The van der Waals surface area contributed by atoms with Crippen LogP contribution in [0.1, 0.15) is 40.5 Å². The lowest BCUT2D eigenvalue weighted by atomic mass is 10.1. The predicted octanol–water partition coefficient (Wildman–Crippen LogP) is 2.37. The van der Waals surface area contributed by atoms with Crippen molar-refractivity contribution in [3.05, 3.63) is 0 Å². The fourth-order valence-corrected chi connectivity index (χ4v) is 2.09. The molecule has 17 heavy (non-hydrogen) atoms. The van der Waals surface area contributed by atoms with Crippen LogP contribution in [-0.2, 0) is 4.74 Å². The molecule has 3 nitrogen and oxygen atoms in total. The first-order valence-electron chi connectivity index (χ1n) is 7.09. The summed E-state index contributed by atoms with van der Waals surface area (Å²) in [4.78, 5) is 2.53. The van der Waals surface area contributed by atoms with Crippen molar-refractivity contribution in [3.8, 4) is 0 Å². The molecule has 3 heteroatoms. The predicted molar refractivity (Wildman–Crippen MR) is 75.5 cm³/mol. The van der Waals surface area contributed by atoms with Gasteiger partial charge in [0.1, 0.15) is 0 Å². The van der Waals surface area contributed by atoms with E-state index in [1.165, 1.54) is 12.8 Å². The Bertz CT molecular complexity index is 162. The van der Waals surface area contributed by atoms with E-state index in [1.807, 2.05) is 0 Å². The maximum Gasteiger partial charge on any atom is 0.0589 e. The zero-order valence-electron chi connectivity index (χ0n) is 12.5. The van der Waals surface area contributed by atoms with Crippen LogP contribution in [0.2, 0.25) is 0 Å². The molecule has 0 saturated heterocycles. The monoisotopic (exact) mass is 244 g/mol. The second-order valence-electron chi connectivity index (χ2n) is 5.12. The Kier molecular flexibility index (Phi) is 10.9. The topological polar surface area (TPSA) is 24.5 Å². The number of hydrogen-bond acceptors (Lipinski definition) is 3. The Balaban J connectivity index is 4.06. The van der Waals surface area contributed by atoms with Crippen molar-refractivity contribution in [1.82, 2.24) is 10.2 Å². The van der Waals surface area contributed by atoms with E-state index in [-0.39, 0.29) is 0 Å². The summed E-state index contributed by atoms with van der Waals surface area (Å²) in [6, 6.07) is 0.652. The molecule has 0 radical (unpaired) electrons. The number of nitrogens with zero attached hydrogens (tertiary/aromatic N) is 1. The third-order valence-corrected chi connectivity index (χ3v) is 3.06. The molecule has 0 aromatic rings. The lowest BCUT2D eigenvalue weighted by Crippen LogP contribution is -2.44. The first-order valence-corrected chi connectivity index (χ1v) is 7.09. The van der Waals surface area contributed by atoms with Crippen molar-refractivity contribution in [2.45, 2.75) is 46.6 Å². The molecule has 0 heterocycles. The number of nitrogens with one attached hydrogen (secondary N) is 1. The Morgan fingerprint density at radius 2 is 1.88 bits per heavy atom. The average molecular weight is 244 g/mol. The Labute approximate surface area is 108 Å². The molecule has 0 saturated carbocycles. The molecule has 0 aliphatic heterocycles. The van der Waals surface area contributed by atoms with Crippen LogP contribution in [-0.4, -0.2) is 50.8 Å². The number of hydrogen-bond donors (Lipinski definition) is 1. The summed E-state index contributed by atoms with van der Waals surface area (Å²) in [5.41, 5.74) is 0. The van der Waals surface area contributed by atoms with Gasteiger partial charge < -0.3 is 10.1 Å². The van der Waals surface area contributed by atoms with Crippen LogP contribution < -0.4 is 5.32 Å². The second kappa shape index (κ2) is 11.0. The minimum atomic E-state index is 0.652. The molecule has 0 bridgehead atoms. The van der Waals surface area contributed by atoms with Gasteiger partial charge in [-0.1, -0.05) is 34.1 Å². The summed E-state index contributed by atoms with van der Waals surface area (Å²) in [6.07, 6.45) is 2.51. The van der Waals surface area contributed by atoms with Crippen molar-refractivity contribution in [2.75, 3.05) is 39.9 Å². The number of likely N-dealkylation sites (N-methyl/N-ethyl adjacent to an activating group) is 1. The molecule has 104 valence electrons. The van der Waals surface area contributed by atoms with E-state index in [4.69, 9.17) is 4.74 Å². The summed E-state index contributed by atoms with van der Waals surface area (Å²) in [7, 11) is 1.78. The van der Waals surface area contributed by atoms with Crippen molar-refractivity contribution in [1.29, 1.82) is 0 Å². The summed E-state index contributed by atoms with van der Waals surface area (Å²) in [5, 5.41) is 3.58. The van der Waals surface area contributed by atoms with E-state index in [0.717, 1.165) is 38.7 Å². The van der Waals surface area contributed by atoms with Crippen LogP contribution in [0.4, 0.5) is 0 Å².